The van der Waals surface area contributed by atoms with E-state index in [1.165, 1.54) is 6.20 Å². The first-order valence-electron chi connectivity index (χ1n) is 7.77. The molecular weight excluding hydrogens is 338 g/mol. The molecule has 5 nitrogen and oxygen atoms in total. The molecule has 126 valence electrons. The molecule has 1 N–H and O–H groups in total. The average molecular weight is 354 g/mol. The van der Waals surface area contributed by atoms with Gasteiger partial charge in [-0.1, -0.05) is 29.8 Å². The van der Waals surface area contributed by atoms with Crippen LogP contribution in [-0.2, 0) is 11.2 Å². The molecule has 0 bridgehead atoms. The summed E-state index contributed by atoms with van der Waals surface area (Å²) in [5.41, 5.74) is 1.74. The maximum Gasteiger partial charge on any atom is 0.237 e. The summed E-state index contributed by atoms with van der Waals surface area (Å²) in [4.78, 5) is 20.1. The number of ether oxygens (including phenoxy) is 1. The zero-order valence-corrected chi connectivity index (χ0v) is 14.1. The number of carbonyl (C=O) groups is 1. The summed E-state index contributed by atoms with van der Waals surface area (Å²) in [6, 6.07) is 14.6. The van der Waals surface area contributed by atoms with E-state index in [4.69, 9.17) is 16.3 Å². The van der Waals surface area contributed by atoms with Gasteiger partial charge in [-0.15, -0.1) is 0 Å². The number of rotatable bonds is 6. The Kier molecular flexibility index (Phi) is 5.59. The quantitative estimate of drug-likeness (QED) is 0.709. The Labute approximate surface area is 150 Å². The summed E-state index contributed by atoms with van der Waals surface area (Å²) < 4.78 is 5.60. The number of anilines is 1. The summed E-state index contributed by atoms with van der Waals surface area (Å²) in [6.07, 6.45) is 5.69. The van der Waals surface area contributed by atoms with Crippen LogP contribution in [0.2, 0.25) is 5.02 Å². The SMILES string of the molecule is O=C(CCc1ccc(Cl)cc1)Nc1cccc(Oc2cnccn2)c1. The van der Waals surface area contributed by atoms with Crippen molar-refractivity contribution in [2.45, 2.75) is 12.8 Å². The van der Waals surface area contributed by atoms with Crippen LogP contribution in [0.4, 0.5) is 5.69 Å². The van der Waals surface area contributed by atoms with Crippen molar-refractivity contribution < 1.29 is 9.53 Å². The number of hydrogen-bond donors (Lipinski definition) is 1. The zero-order valence-electron chi connectivity index (χ0n) is 13.4. The Morgan fingerprint density at radius 3 is 2.72 bits per heavy atom. The van der Waals surface area contributed by atoms with Crippen molar-refractivity contribution in [3.63, 3.8) is 0 Å². The third kappa shape index (κ3) is 5.29. The minimum absolute atomic E-state index is 0.0633. The summed E-state index contributed by atoms with van der Waals surface area (Å²) in [7, 11) is 0. The van der Waals surface area contributed by atoms with Gasteiger partial charge >= 0.3 is 0 Å². The van der Waals surface area contributed by atoms with Crippen molar-refractivity contribution >= 4 is 23.2 Å². The zero-order chi connectivity index (χ0) is 17.5. The van der Waals surface area contributed by atoms with Crippen molar-refractivity contribution in [3.8, 4) is 11.6 Å². The Balaban J connectivity index is 1.56. The van der Waals surface area contributed by atoms with Crippen molar-refractivity contribution in [1.82, 2.24) is 9.97 Å². The Hall–Kier alpha value is -2.92. The first-order chi connectivity index (χ1) is 12.2. The van der Waals surface area contributed by atoms with Crippen LogP contribution in [0.3, 0.4) is 0 Å². The molecule has 0 saturated heterocycles. The molecule has 0 atom stereocenters. The largest absolute Gasteiger partial charge is 0.437 e. The lowest BCUT2D eigenvalue weighted by Gasteiger charge is -2.08. The molecule has 0 saturated carbocycles. The van der Waals surface area contributed by atoms with Gasteiger partial charge in [0.15, 0.2) is 0 Å². The first-order valence-corrected chi connectivity index (χ1v) is 8.15. The van der Waals surface area contributed by atoms with E-state index in [-0.39, 0.29) is 5.91 Å². The van der Waals surface area contributed by atoms with Gasteiger partial charge in [-0.05, 0) is 36.2 Å². The molecule has 0 aliphatic rings. The van der Waals surface area contributed by atoms with Crippen LogP contribution in [0.15, 0.2) is 67.1 Å². The van der Waals surface area contributed by atoms with Gasteiger partial charge < -0.3 is 10.1 Å². The van der Waals surface area contributed by atoms with Crippen molar-refractivity contribution in [2.24, 2.45) is 0 Å². The fourth-order valence-corrected chi connectivity index (χ4v) is 2.35. The number of aryl methyl sites for hydroxylation is 1. The molecule has 0 aliphatic heterocycles. The van der Waals surface area contributed by atoms with Crippen molar-refractivity contribution in [2.75, 3.05) is 5.32 Å². The van der Waals surface area contributed by atoms with E-state index in [1.54, 1.807) is 30.6 Å². The second kappa shape index (κ2) is 8.26. The molecule has 1 aromatic heterocycles. The third-order valence-electron chi connectivity index (χ3n) is 3.43. The summed E-state index contributed by atoms with van der Waals surface area (Å²) in [6.45, 7) is 0. The summed E-state index contributed by atoms with van der Waals surface area (Å²) in [5.74, 6) is 0.913. The molecule has 25 heavy (non-hydrogen) atoms. The predicted octanol–water partition coefficient (Wildman–Crippen LogP) is 4.49. The maximum absolute atomic E-state index is 12.1. The summed E-state index contributed by atoms with van der Waals surface area (Å²) >= 11 is 5.86. The van der Waals surface area contributed by atoms with Gasteiger partial charge in [0.1, 0.15) is 5.75 Å². The van der Waals surface area contributed by atoms with Gasteiger partial charge in [0.25, 0.3) is 0 Å². The van der Waals surface area contributed by atoms with Crippen LogP contribution in [0.5, 0.6) is 11.6 Å². The number of halogens is 1. The van der Waals surface area contributed by atoms with E-state index >= 15 is 0 Å². The number of nitrogens with one attached hydrogen (secondary N) is 1. The van der Waals surface area contributed by atoms with E-state index in [2.05, 4.69) is 15.3 Å². The fourth-order valence-electron chi connectivity index (χ4n) is 2.23. The van der Waals surface area contributed by atoms with E-state index in [9.17, 15) is 4.79 Å². The van der Waals surface area contributed by atoms with Crippen LogP contribution in [0, 0.1) is 0 Å². The Morgan fingerprint density at radius 2 is 1.96 bits per heavy atom. The van der Waals surface area contributed by atoms with Crippen molar-refractivity contribution in [3.05, 3.63) is 77.7 Å². The molecule has 3 aromatic rings. The highest BCUT2D eigenvalue weighted by Gasteiger charge is 2.05. The number of carbonyl (C=O) groups excluding carboxylic acids is 1. The average Bonchev–Trinajstić information content (AvgIpc) is 2.62. The third-order valence-corrected chi connectivity index (χ3v) is 3.69. The highest BCUT2D eigenvalue weighted by molar-refractivity contribution is 6.30. The lowest BCUT2D eigenvalue weighted by molar-refractivity contribution is -0.116. The molecule has 0 radical (unpaired) electrons. The maximum atomic E-state index is 12.1. The van der Waals surface area contributed by atoms with Gasteiger partial charge in [-0.3, -0.25) is 9.78 Å². The van der Waals surface area contributed by atoms with Crippen LogP contribution in [-0.4, -0.2) is 15.9 Å². The molecule has 0 fully saturated rings. The van der Waals surface area contributed by atoms with E-state index < -0.39 is 0 Å². The lowest BCUT2D eigenvalue weighted by atomic mass is 10.1. The van der Waals surface area contributed by atoms with Gasteiger partial charge in [0.05, 0.1) is 6.20 Å². The molecule has 2 aromatic carbocycles. The Morgan fingerprint density at radius 1 is 1.12 bits per heavy atom. The second-order valence-corrected chi connectivity index (χ2v) is 5.78. The molecule has 1 heterocycles. The number of nitrogens with zero attached hydrogens (tertiary/aromatic N) is 2. The van der Waals surface area contributed by atoms with Gasteiger partial charge in [0.2, 0.25) is 11.8 Å². The normalized spacial score (nSPS) is 10.3. The standard InChI is InChI=1S/C19H16ClN3O2/c20-15-7-4-14(5-8-15)6-9-18(24)23-16-2-1-3-17(12-16)25-19-13-21-10-11-22-19/h1-5,7-8,10-13H,6,9H2,(H,23,24). The monoisotopic (exact) mass is 353 g/mol. The van der Waals surface area contributed by atoms with Crippen LogP contribution < -0.4 is 10.1 Å². The van der Waals surface area contributed by atoms with Crippen molar-refractivity contribution in [1.29, 1.82) is 0 Å². The highest BCUT2D eigenvalue weighted by Crippen LogP contribution is 2.22. The molecule has 0 unspecified atom stereocenters. The van der Waals surface area contributed by atoms with Crippen LogP contribution >= 0.6 is 11.6 Å². The minimum atomic E-state index is -0.0633. The smallest absolute Gasteiger partial charge is 0.237 e. The molecule has 1 amide bonds. The van der Waals surface area contributed by atoms with Gasteiger partial charge in [-0.2, -0.15) is 0 Å². The fraction of sp³-hybridized carbons (Fsp3) is 0.105. The van der Waals surface area contributed by atoms with Gasteiger partial charge in [0, 0.05) is 35.6 Å². The predicted molar refractivity (Wildman–Crippen MR) is 97.0 cm³/mol. The van der Waals surface area contributed by atoms with E-state index in [0.29, 0.717) is 35.2 Å². The molecular formula is C19H16ClN3O2. The highest BCUT2D eigenvalue weighted by atomic mass is 35.5. The topological polar surface area (TPSA) is 64.1 Å². The molecule has 0 spiro atoms. The Bertz CT molecular complexity index is 839. The number of hydrogen-bond acceptors (Lipinski definition) is 4. The van der Waals surface area contributed by atoms with Crippen LogP contribution in [0.25, 0.3) is 0 Å². The summed E-state index contributed by atoms with van der Waals surface area (Å²) in [5, 5.41) is 3.56. The molecule has 3 rings (SSSR count). The van der Waals surface area contributed by atoms with Crippen LogP contribution in [0.1, 0.15) is 12.0 Å². The number of benzene rings is 2. The van der Waals surface area contributed by atoms with E-state index in [1.807, 2.05) is 30.3 Å². The van der Waals surface area contributed by atoms with E-state index in [0.717, 1.165) is 5.56 Å². The van der Waals surface area contributed by atoms with Gasteiger partial charge in [-0.25, -0.2) is 4.98 Å². The molecule has 0 aliphatic carbocycles. The second-order valence-electron chi connectivity index (χ2n) is 5.35. The minimum Gasteiger partial charge on any atom is -0.437 e. The first kappa shape index (κ1) is 16.9. The molecule has 6 heteroatoms. The lowest BCUT2D eigenvalue weighted by Crippen LogP contribution is -2.12. The number of amides is 1. The number of aromatic nitrogens is 2.